The number of amides is 2. The van der Waals surface area contributed by atoms with Crippen molar-refractivity contribution in [1.29, 1.82) is 0 Å². The molecule has 0 radical (unpaired) electrons. The second kappa shape index (κ2) is 9.05. The molecular formula is C20H21F4N5O3. The zero-order chi connectivity index (χ0) is 23.6. The third kappa shape index (κ3) is 4.63. The van der Waals surface area contributed by atoms with Crippen LogP contribution in [0.4, 0.5) is 17.6 Å². The van der Waals surface area contributed by atoms with E-state index in [-0.39, 0.29) is 30.7 Å². The summed E-state index contributed by atoms with van der Waals surface area (Å²) in [7, 11) is 1.51. The lowest BCUT2D eigenvalue weighted by Gasteiger charge is -2.24. The summed E-state index contributed by atoms with van der Waals surface area (Å²) in [6, 6.07) is 2.52. The van der Waals surface area contributed by atoms with Gasteiger partial charge in [-0.1, -0.05) is 0 Å². The zero-order valence-electron chi connectivity index (χ0n) is 17.5. The van der Waals surface area contributed by atoms with Crippen molar-refractivity contribution in [2.45, 2.75) is 45.2 Å². The summed E-state index contributed by atoms with van der Waals surface area (Å²) in [6.45, 7) is 1.89. The van der Waals surface area contributed by atoms with Gasteiger partial charge in [-0.3, -0.25) is 14.6 Å². The van der Waals surface area contributed by atoms with E-state index in [0.717, 1.165) is 0 Å². The van der Waals surface area contributed by atoms with Crippen LogP contribution in [0.15, 0.2) is 18.3 Å². The van der Waals surface area contributed by atoms with Crippen LogP contribution >= 0.6 is 0 Å². The number of aryl methyl sites for hydroxylation is 1. The molecule has 3 heterocycles. The van der Waals surface area contributed by atoms with E-state index in [9.17, 15) is 27.2 Å². The average Bonchev–Trinajstić information content (AvgIpc) is 3.09. The highest BCUT2D eigenvalue weighted by molar-refractivity contribution is 5.99. The Kier molecular flexibility index (Phi) is 6.60. The Balaban J connectivity index is 1.77. The van der Waals surface area contributed by atoms with Crippen molar-refractivity contribution in [2.75, 3.05) is 13.7 Å². The number of pyridine rings is 1. The van der Waals surface area contributed by atoms with Gasteiger partial charge in [0, 0.05) is 36.5 Å². The van der Waals surface area contributed by atoms with Crippen molar-refractivity contribution in [3.8, 4) is 5.88 Å². The van der Waals surface area contributed by atoms with E-state index in [0.29, 0.717) is 28.1 Å². The fourth-order valence-corrected chi connectivity index (χ4v) is 3.24. The van der Waals surface area contributed by atoms with E-state index in [4.69, 9.17) is 4.74 Å². The normalized spacial score (nSPS) is 14.5. The molecule has 12 heteroatoms. The molecule has 0 bridgehead atoms. The van der Waals surface area contributed by atoms with Crippen molar-refractivity contribution >= 4 is 11.8 Å². The molecule has 0 fully saturated rings. The highest BCUT2D eigenvalue weighted by Gasteiger charge is 2.42. The number of nitrogens with zero attached hydrogens (tertiary/aromatic N) is 4. The third-order valence-corrected chi connectivity index (χ3v) is 5.15. The Morgan fingerprint density at radius 1 is 1.34 bits per heavy atom. The van der Waals surface area contributed by atoms with Crippen molar-refractivity contribution in [3.63, 3.8) is 0 Å². The van der Waals surface area contributed by atoms with Gasteiger partial charge in [-0.15, -0.1) is 10.2 Å². The van der Waals surface area contributed by atoms with Crippen LogP contribution in [0.3, 0.4) is 0 Å². The van der Waals surface area contributed by atoms with Gasteiger partial charge in [0.2, 0.25) is 11.8 Å². The van der Waals surface area contributed by atoms with Gasteiger partial charge in [0.25, 0.3) is 5.91 Å². The van der Waals surface area contributed by atoms with E-state index in [2.05, 4.69) is 20.5 Å². The fourth-order valence-electron chi connectivity index (χ4n) is 3.24. The van der Waals surface area contributed by atoms with Gasteiger partial charge in [0.15, 0.2) is 6.61 Å². The van der Waals surface area contributed by atoms with Crippen LogP contribution in [0.25, 0.3) is 0 Å². The summed E-state index contributed by atoms with van der Waals surface area (Å²) in [5, 5.41) is 10.2. The number of hydrogen-bond acceptors (Lipinski definition) is 6. The summed E-state index contributed by atoms with van der Waals surface area (Å²) >= 11 is 0. The van der Waals surface area contributed by atoms with Crippen LogP contribution < -0.4 is 10.1 Å². The molecule has 0 spiro atoms. The number of halogens is 4. The highest BCUT2D eigenvalue weighted by Crippen LogP contribution is 2.33. The van der Waals surface area contributed by atoms with Crippen molar-refractivity contribution < 1.29 is 31.9 Å². The Bertz CT molecular complexity index is 1030. The van der Waals surface area contributed by atoms with Gasteiger partial charge in [-0.25, -0.2) is 8.78 Å². The maximum atomic E-state index is 13.1. The summed E-state index contributed by atoms with van der Waals surface area (Å²) in [5.41, 5.74) is 2.24. The summed E-state index contributed by atoms with van der Waals surface area (Å²) in [4.78, 5) is 30.4. The number of likely N-dealkylation sites (N-methyl/N-ethyl adjacent to an activating group) is 1. The zero-order valence-corrected chi connectivity index (χ0v) is 17.5. The number of hydrogen-bond donors (Lipinski definition) is 1. The van der Waals surface area contributed by atoms with Crippen LogP contribution in [-0.2, 0) is 17.8 Å². The maximum absolute atomic E-state index is 13.1. The van der Waals surface area contributed by atoms with E-state index < -0.39 is 25.0 Å². The quantitative estimate of drug-likeness (QED) is 0.615. The molecule has 0 aliphatic carbocycles. The third-order valence-electron chi connectivity index (χ3n) is 5.15. The number of fused-ring (bicyclic) bond motifs is 1. The highest BCUT2D eigenvalue weighted by atomic mass is 19.3. The minimum Gasteiger partial charge on any atom is -0.470 e. The Hall–Kier alpha value is -3.31. The molecule has 0 aromatic carbocycles. The predicted molar refractivity (Wildman–Crippen MR) is 104 cm³/mol. The first-order valence-corrected chi connectivity index (χ1v) is 9.66. The molecule has 2 amide bonds. The van der Waals surface area contributed by atoms with Crippen LogP contribution in [0, 0.1) is 6.92 Å². The molecule has 1 aliphatic heterocycles. The molecule has 8 nitrogen and oxygen atoms in total. The minimum absolute atomic E-state index is 0.0311. The standard InChI is InChI=1S/C20H21F4N5O3/c1-10-6-14(27-28-17(10)32-9-20(23,24)19(21)22)11(2)29-8-13-12(18(29)31)4-5-26-15(13)7-16(30)25-3/h4-6,11,19H,7-9H2,1-3H3,(H,25,30). The van der Waals surface area contributed by atoms with Crippen LogP contribution in [0.1, 0.15) is 45.8 Å². The first-order chi connectivity index (χ1) is 15.0. The number of aromatic nitrogens is 3. The van der Waals surface area contributed by atoms with E-state index in [1.54, 1.807) is 13.0 Å². The average molecular weight is 455 g/mol. The molecule has 1 atom stereocenters. The number of carbonyl (C=O) groups is 2. The molecule has 32 heavy (non-hydrogen) atoms. The van der Waals surface area contributed by atoms with Crippen molar-refractivity contribution in [3.05, 3.63) is 46.4 Å². The molecular weight excluding hydrogens is 434 g/mol. The summed E-state index contributed by atoms with van der Waals surface area (Å²) < 4.78 is 55.5. The van der Waals surface area contributed by atoms with Gasteiger partial charge < -0.3 is 15.0 Å². The number of carbonyl (C=O) groups excluding carboxylic acids is 2. The largest absolute Gasteiger partial charge is 0.470 e. The van der Waals surface area contributed by atoms with Gasteiger partial charge in [-0.2, -0.15) is 8.78 Å². The van der Waals surface area contributed by atoms with Crippen molar-refractivity contribution in [1.82, 2.24) is 25.4 Å². The van der Waals surface area contributed by atoms with Gasteiger partial charge >= 0.3 is 12.3 Å². The van der Waals surface area contributed by atoms with Crippen LogP contribution in [0.2, 0.25) is 0 Å². The first kappa shape index (κ1) is 23.4. The SMILES string of the molecule is CNC(=O)Cc1nccc2c1CN(C(C)c1cc(C)c(OCC(F)(F)C(F)F)nn1)C2=O. The fraction of sp³-hybridized carbons (Fsp3) is 0.450. The monoisotopic (exact) mass is 455 g/mol. The Labute approximate surface area is 181 Å². The second-order valence-corrected chi connectivity index (χ2v) is 7.35. The molecule has 1 N–H and O–H groups in total. The number of ether oxygens (including phenoxy) is 1. The molecule has 0 saturated carbocycles. The molecule has 0 saturated heterocycles. The number of rotatable bonds is 8. The van der Waals surface area contributed by atoms with Gasteiger partial charge in [-0.05, 0) is 26.0 Å². The smallest absolute Gasteiger partial charge is 0.340 e. The van der Waals surface area contributed by atoms with E-state index in [1.165, 1.54) is 31.1 Å². The van der Waals surface area contributed by atoms with E-state index >= 15 is 0 Å². The summed E-state index contributed by atoms with van der Waals surface area (Å²) in [6.07, 6.45) is -2.36. The molecule has 2 aromatic rings. The van der Waals surface area contributed by atoms with Crippen LogP contribution in [0.5, 0.6) is 5.88 Å². The molecule has 3 rings (SSSR count). The van der Waals surface area contributed by atoms with Gasteiger partial charge in [0.1, 0.15) is 0 Å². The topological polar surface area (TPSA) is 97.3 Å². The first-order valence-electron chi connectivity index (χ1n) is 9.66. The van der Waals surface area contributed by atoms with Gasteiger partial charge in [0.05, 0.1) is 23.9 Å². The lowest BCUT2D eigenvalue weighted by molar-refractivity contribution is -0.148. The second-order valence-electron chi connectivity index (χ2n) is 7.35. The minimum atomic E-state index is -4.31. The summed E-state index contributed by atoms with van der Waals surface area (Å²) in [5.74, 6) is -5.12. The maximum Gasteiger partial charge on any atom is 0.340 e. The lowest BCUT2D eigenvalue weighted by atomic mass is 10.1. The number of alkyl halides is 4. The molecule has 1 aliphatic rings. The van der Waals surface area contributed by atoms with Crippen LogP contribution in [-0.4, -0.2) is 57.9 Å². The van der Waals surface area contributed by atoms with Crippen molar-refractivity contribution in [2.24, 2.45) is 0 Å². The Morgan fingerprint density at radius 2 is 2.06 bits per heavy atom. The Morgan fingerprint density at radius 3 is 2.69 bits per heavy atom. The molecule has 172 valence electrons. The predicted octanol–water partition coefficient (Wildman–Crippen LogP) is 2.46. The lowest BCUT2D eigenvalue weighted by Crippen LogP contribution is -2.34. The molecule has 2 aromatic heterocycles. The number of nitrogens with one attached hydrogen (secondary N) is 1. The van der Waals surface area contributed by atoms with E-state index in [1.807, 2.05) is 0 Å². The molecule has 1 unspecified atom stereocenters.